The lowest BCUT2D eigenvalue weighted by Crippen LogP contribution is -2.38. The summed E-state index contributed by atoms with van der Waals surface area (Å²) in [7, 11) is 0. The maximum absolute atomic E-state index is 13.0. The van der Waals surface area contributed by atoms with Gasteiger partial charge in [0.05, 0.1) is 11.3 Å². The Bertz CT molecular complexity index is 1090. The number of likely N-dealkylation sites (tertiary alicyclic amines) is 1. The highest BCUT2D eigenvalue weighted by Crippen LogP contribution is 2.23. The van der Waals surface area contributed by atoms with Crippen molar-refractivity contribution in [1.82, 2.24) is 10.2 Å². The molecule has 1 aliphatic rings. The fourth-order valence-corrected chi connectivity index (χ4v) is 4.32. The third-order valence-electron chi connectivity index (χ3n) is 6.17. The molecule has 5 nitrogen and oxygen atoms in total. The second-order valence-corrected chi connectivity index (χ2v) is 8.74. The van der Waals surface area contributed by atoms with Gasteiger partial charge in [-0.25, -0.2) is 0 Å². The molecule has 1 heterocycles. The highest BCUT2D eigenvalue weighted by molar-refractivity contribution is 6.04. The van der Waals surface area contributed by atoms with Gasteiger partial charge >= 0.3 is 0 Å². The van der Waals surface area contributed by atoms with Crippen molar-refractivity contribution in [2.45, 2.75) is 32.9 Å². The van der Waals surface area contributed by atoms with Crippen LogP contribution in [0.4, 0.5) is 5.69 Å². The third kappa shape index (κ3) is 6.30. The van der Waals surface area contributed by atoms with E-state index < -0.39 is 0 Å². The number of piperidine rings is 1. The van der Waals surface area contributed by atoms with Crippen LogP contribution in [-0.2, 0) is 17.9 Å². The SMILES string of the molecule is Cc1cccc(CN2CCC(C(=O)Nc3ccccc3C(=O)NCc3ccccc3)CC2)c1. The predicted molar refractivity (Wildman–Crippen MR) is 132 cm³/mol. The second kappa shape index (κ2) is 10.9. The van der Waals surface area contributed by atoms with Crippen LogP contribution in [0.15, 0.2) is 78.9 Å². The maximum atomic E-state index is 13.0. The topological polar surface area (TPSA) is 61.4 Å². The number of rotatable bonds is 7. The highest BCUT2D eigenvalue weighted by atomic mass is 16.2. The summed E-state index contributed by atoms with van der Waals surface area (Å²) in [5.74, 6) is -0.240. The number of anilines is 1. The molecule has 1 aliphatic heterocycles. The number of nitrogens with zero attached hydrogens (tertiary/aromatic N) is 1. The molecule has 5 heteroatoms. The molecule has 0 radical (unpaired) electrons. The first-order chi connectivity index (χ1) is 16.1. The van der Waals surface area contributed by atoms with Crippen LogP contribution in [0, 0.1) is 12.8 Å². The number of nitrogens with one attached hydrogen (secondary N) is 2. The Morgan fingerprint density at radius 2 is 1.58 bits per heavy atom. The lowest BCUT2D eigenvalue weighted by Gasteiger charge is -2.31. The molecule has 0 atom stereocenters. The van der Waals surface area contributed by atoms with Crippen LogP contribution < -0.4 is 10.6 Å². The zero-order chi connectivity index (χ0) is 23.0. The molecule has 2 amide bonds. The molecule has 4 rings (SSSR count). The lowest BCUT2D eigenvalue weighted by molar-refractivity contribution is -0.121. The Hall–Kier alpha value is -3.44. The first-order valence-electron chi connectivity index (χ1n) is 11.6. The van der Waals surface area contributed by atoms with Crippen LogP contribution >= 0.6 is 0 Å². The summed E-state index contributed by atoms with van der Waals surface area (Å²) >= 11 is 0. The van der Waals surface area contributed by atoms with E-state index in [9.17, 15) is 9.59 Å². The molecule has 170 valence electrons. The van der Waals surface area contributed by atoms with E-state index in [-0.39, 0.29) is 17.7 Å². The molecule has 0 bridgehead atoms. The van der Waals surface area contributed by atoms with Crippen molar-refractivity contribution in [1.29, 1.82) is 0 Å². The molecule has 1 fully saturated rings. The van der Waals surface area contributed by atoms with Gasteiger partial charge in [0, 0.05) is 19.0 Å². The van der Waals surface area contributed by atoms with Crippen molar-refractivity contribution in [3.63, 3.8) is 0 Å². The molecule has 0 saturated carbocycles. The largest absolute Gasteiger partial charge is 0.348 e. The Morgan fingerprint density at radius 1 is 0.879 bits per heavy atom. The van der Waals surface area contributed by atoms with Crippen molar-refractivity contribution >= 4 is 17.5 Å². The molecular weight excluding hydrogens is 410 g/mol. The summed E-state index contributed by atoms with van der Waals surface area (Å²) in [5.41, 5.74) is 4.67. The summed E-state index contributed by atoms with van der Waals surface area (Å²) in [4.78, 5) is 28.1. The van der Waals surface area contributed by atoms with Gasteiger partial charge in [-0.3, -0.25) is 14.5 Å². The Morgan fingerprint density at radius 3 is 2.33 bits per heavy atom. The molecule has 3 aromatic carbocycles. The highest BCUT2D eigenvalue weighted by Gasteiger charge is 2.26. The monoisotopic (exact) mass is 441 g/mol. The van der Waals surface area contributed by atoms with Crippen molar-refractivity contribution in [3.05, 3.63) is 101 Å². The quantitative estimate of drug-likeness (QED) is 0.555. The number of hydrogen-bond acceptors (Lipinski definition) is 3. The van der Waals surface area contributed by atoms with Crippen LogP contribution in [0.1, 0.15) is 39.9 Å². The van der Waals surface area contributed by atoms with Gasteiger partial charge in [-0.15, -0.1) is 0 Å². The zero-order valence-corrected chi connectivity index (χ0v) is 19.1. The van der Waals surface area contributed by atoms with E-state index in [0.29, 0.717) is 17.8 Å². The van der Waals surface area contributed by atoms with E-state index in [1.807, 2.05) is 42.5 Å². The van der Waals surface area contributed by atoms with Crippen molar-refractivity contribution in [3.8, 4) is 0 Å². The van der Waals surface area contributed by atoms with Crippen LogP contribution in [0.5, 0.6) is 0 Å². The van der Waals surface area contributed by atoms with E-state index in [1.165, 1.54) is 11.1 Å². The summed E-state index contributed by atoms with van der Waals surface area (Å²) in [5, 5.41) is 5.96. The zero-order valence-electron chi connectivity index (χ0n) is 19.1. The van der Waals surface area contributed by atoms with E-state index in [0.717, 1.165) is 38.0 Å². The van der Waals surface area contributed by atoms with Gasteiger partial charge < -0.3 is 10.6 Å². The second-order valence-electron chi connectivity index (χ2n) is 8.74. The Labute approximate surface area is 195 Å². The minimum absolute atomic E-state index is 0.00600. The number of hydrogen-bond donors (Lipinski definition) is 2. The average Bonchev–Trinajstić information content (AvgIpc) is 2.84. The molecule has 0 unspecified atom stereocenters. The fraction of sp³-hybridized carbons (Fsp3) is 0.286. The third-order valence-corrected chi connectivity index (χ3v) is 6.17. The first-order valence-corrected chi connectivity index (χ1v) is 11.6. The number of carbonyl (C=O) groups excluding carboxylic acids is 2. The minimum Gasteiger partial charge on any atom is -0.348 e. The standard InChI is InChI=1S/C28H31N3O2/c1-21-8-7-11-23(18-21)20-31-16-14-24(15-17-31)27(32)30-26-13-6-5-12-25(26)28(33)29-19-22-9-3-2-4-10-22/h2-13,18,24H,14-17,19-20H2,1H3,(H,29,33)(H,30,32). The van der Waals surface area contributed by atoms with Gasteiger partial charge in [0.15, 0.2) is 0 Å². The van der Waals surface area contributed by atoms with E-state index in [2.05, 4.69) is 46.7 Å². The number of benzene rings is 3. The van der Waals surface area contributed by atoms with Gasteiger partial charge in [0.1, 0.15) is 0 Å². The summed E-state index contributed by atoms with van der Waals surface area (Å²) < 4.78 is 0. The normalized spacial score (nSPS) is 14.6. The van der Waals surface area contributed by atoms with Gasteiger partial charge in [-0.05, 0) is 56.1 Å². The number of para-hydroxylation sites is 1. The molecule has 3 aromatic rings. The summed E-state index contributed by atoms with van der Waals surface area (Å²) in [6.45, 7) is 5.26. The van der Waals surface area contributed by atoms with Crippen molar-refractivity contribution < 1.29 is 9.59 Å². The van der Waals surface area contributed by atoms with Gasteiger partial charge in [-0.1, -0.05) is 72.3 Å². The Balaban J connectivity index is 1.31. The van der Waals surface area contributed by atoms with E-state index >= 15 is 0 Å². The smallest absolute Gasteiger partial charge is 0.253 e. The molecule has 2 N–H and O–H groups in total. The van der Waals surface area contributed by atoms with Crippen LogP contribution in [-0.4, -0.2) is 29.8 Å². The molecule has 0 spiro atoms. The fourth-order valence-electron chi connectivity index (χ4n) is 4.32. The van der Waals surface area contributed by atoms with Gasteiger partial charge in [0.2, 0.25) is 5.91 Å². The summed E-state index contributed by atoms with van der Waals surface area (Å²) in [6.07, 6.45) is 1.64. The lowest BCUT2D eigenvalue weighted by atomic mass is 9.95. The van der Waals surface area contributed by atoms with Crippen molar-refractivity contribution in [2.24, 2.45) is 5.92 Å². The molecule has 0 aromatic heterocycles. The van der Waals surface area contributed by atoms with Gasteiger partial charge in [0.25, 0.3) is 5.91 Å². The van der Waals surface area contributed by atoms with Crippen LogP contribution in [0.3, 0.4) is 0 Å². The average molecular weight is 442 g/mol. The van der Waals surface area contributed by atoms with Crippen LogP contribution in [0.2, 0.25) is 0 Å². The first kappa shape index (κ1) is 22.7. The number of aryl methyl sites for hydroxylation is 1. The van der Waals surface area contributed by atoms with E-state index in [1.54, 1.807) is 12.1 Å². The number of amides is 2. The Kier molecular flexibility index (Phi) is 7.53. The minimum atomic E-state index is -0.192. The van der Waals surface area contributed by atoms with Gasteiger partial charge in [-0.2, -0.15) is 0 Å². The van der Waals surface area contributed by atoms with Crippen molar-refractivity contribution in [2.75, 3.05) is 18.4 Å². The molecule has 1 saturated heterocycles. The molecule has 0 aliphatic carbocycles. The molecule has 33 heavy (non-hydrogen) atoms. The molecular formula is C28H31N3O2. The van der Waals surface area contributed by atoms with Crippen LogP contribution in [0.25, 0.3) is 0 Å². The summed E-state index contributed by atoms with van der Waals surface area (Å²) in [6, 6.07) is 25.6. The maximum Gasteiger partial charge on any atom is 0.253 e. The predicted octanol–water partition coefficient (Wildman–Crippen LogP) is 4.78. The number of carbonyl (C=O) groups is 2. The van der Waals surface area contributed by atoms with E-state index in [4.69, 9.17) is 0 Å².